The molecule has 0 spiro atoms. The molecule has 0 amide bonds. The molecule has 0 unspecified atom stereocenters. The first kappa shape index (κ1) is 10.8. The fraction of sp³-hybridized carbons (Fsp3) is 0.214. The van der Waals surface area contributed by atoms with E-state index < -0.39 is 0 Å². The molecule has 1 aliphatic rings. The van der Waals surface area contributed by atoms with Crippen molar-refractivity contribution in [2.75, 3.05) is 0 Å². The third-order valence-electron chi connectivity index (χ3n) is 2.34. The molecule has 1 radical (unpaired) electrons. The topological polar surface area (TPSA) is 0 Å². The van der Waals surface area contributed by atoms with Gasteiger partial charge < -0.3 is 0 Å². The summed E-state index contributed by atoms with van der Waals surface area (Å²) in [7, 11) is 0. The molecule has 0 fully saturated rings. The molecule has 0 aromatic carbocycles. The summed E-state index contributed by atoms with van der Waals surface area (Å²) in [6.07, 6.45) is 13.0. The lowest BCUT2D eigenvalue weighted by molar-refractivity contribution is 1.11. The molecule has 14 heavy (non-hydrogen) atoms. The Morgan fingerprint density at radius 1 is 0.929 bits per heavy atom. The zero-order chi connectivity index (χ0) is 10.4. The van der Waals surface area contributed by atoms with Gasteiger partial charge in [-0.25, -0.2) is 0 Å². The number of hydrogen-bond donors (Lipinski definition) is 0. The van der Waals surface area contributed by atoms with Crippen LogP contribution >= 0.6 is 0 Å². The zero-order valence-electron chi connectivity index (χ0n) is 8.63. The van der Waals surface area contributed by atoms with Crippen LogP contribution in [0.2, 0.25) is 0 Å². The van der Waals surface area contributed by atoms with Crippen molar-refractivity contribution in [1.82, 2.24) is 0 Å². The quantitative estimate of drug-likeness (QED) is 0.545. The molecule has 1 aliphatic carbocycles. The first-order valence-electron chi connectivity index (χ1n) is 4.92. The fourth-order valence-electron chi connectivity index (χ4n) is 1.71. The summed E-state index contributed by atoms with van der Waals surface area (Å²) in [6.45, 7) is 11.3. The van der Waals surface area contributed by atoms with E-state index in [4.69, 9.17) is 0 Å². The van der Waals surface area contributed by atoms with E-state index in [0.29, 0.717) is 0 Å². The molecule has 0 aliphatic heterocycles. The van der Waals surface area contributed by atoms with Crippen LogP contribution < -0.4 is 0 Å². The van der Waals surface area contributed by atoms with Gasteiger partial charge in [-0.3, -0.25) is 0 Å². The van der Waals surface area contributed by atoms with Gasteiger partial charge in [0, 0.05) is 6.42 Å². The van der Waals surface area contributed by atoms with E-state index in [0.717, 1.165) is 19.3 Å². The second-order valence-corrected chi connectivity index (χ2v) is 3.34. The van der Waals surface area contributed by atoms with E-state index >= 15 is 0 Å². The molecule has 0 aromatic rings. The zero-order valence-corrected chi connectivity index (χ0v) is 8.63. The third-order valence-corrected chi connectivity index (χ3v) is 2.34. The predicted molar refractivity (Wildman–Crippen MR) is 63.9 cm³/mol. The van der Waals surface area contributed by atoms with Gasteiger partial charge in [0.25, 0.3) is 0 Å². The van der Waals surface area contributed by atoms with Crippen LogP contribution in [0.1, 0.15) is 19.3 Å². The van der Waals surface area contributed by atoms with Crippen LogP contribution in [0.4, 0.5) is 0 Å². The van der Waals surface area contributed by atoms with Gasteiger partial charge in [-0.2, -0.15) is 0 Å². The van der Waals surface area contributed by atoms with Crippen molar-refractivity contribution in [3.05, 3.63) is 67.2 Å². The van der Waals surface area contributed by atoms with E-state index in [1.165, 1.54) is 16.7 Å². The van der Waals surface area contributed by atoms with Crippen molar-refractivity contribution in [2.24, 2.45) is 0 Å². The van der Waals surface area contributed by atoms with Crippen LogP contribution in [-0.2, 0) is 0 Å². The SMILES string of the molecule is C=CCC1=C[CH]C(CC=C)=C1CC=C. The standard InChI is InChI=1S/C14H17/c1-4-7-12-10-11-13(8-5-2)14(12)9-6-3/h4-6,10-11H,1-3,7-9H2. The first-order valence-corrected chi connectivity index (χ1v) is 4.92. The normalized spacial score (nSPS) is 15.3. The van der Waals surface area contributed by atoms with Crippen molar-refractivity contribution in [1.29, 1.82) is 0 Å². The Morgan fingerprint density at radius 2 is 1.57 bits per heavy atom. The summed E-state index contributed by atoms with van der Waals surface area (Å²) in [5.74, 6) is 0. The molecular formula is C14H17. The van der Waals surface area contributed by atoms with Gasteiger partial charge in [-0.15, -0.1) is 19.7 Å². The summed E-state index contributed by atoms with van der Waals surface area (Å²) in [5.41, 5.74) is 4.15. The molecule has 0 N–H and O–H groups in total. The predicted octanol–water partition coefficient (Wildman–Crippen LogP) is 4.16. The maximum absolute atomic E-state index is 3.79. The Bertz CT molecular complexity index is 300. The van der Waals surface area contributed by atoms with E-state index in [-0.39, 0.29) is 0 Å². The van der Waals surface area contributed by atoms with Crippen molar-refractivity contribution < 1.29 is 0 Å². The fourth-order valence-corrected chi connectivity index (χ4v) is 1.71. The first-order chi connectivity index (χ1) is 6.83. The highest BCUT2D eigenvalue weighted by Crippen LogP contribution is 2.32. The lowest BCUT2D eigenvalue weighted by Gasteiger charge is -2.07. The summed E-state index contributed by atoms with van der Waals surface area (Å²) in [5, 5.41) is 0. The minimum atomic E-state index is 0.944. The van der Waals surface area contributed by atoms with E-state index in [2.05, 4.69) is 32.2 Å². The van der Waals surface area contributed by atoms with Gasteiger partial charge in [-0.05, 0) is 30.4 Å². The Morgan fingerprint density at radius 3 is 2.14 bits per heavy atom. The Kier molecular flexibility index (Phi) is 4.18. The van der Waals surface area contributed by atoms with Crippen molar-refractivity contribution in [3.8, 4) is 0 Å². The van der Waals surface area contributed by atoms with Gasteiger partial charge in [0.05, 0.1) is 0 Å². The Balaban J connectivity index is 2.84. The van der Waals surface area contributed by atoms with Gasteiger partial charge in [0.15, 0.2) is 0 Å². The van der Waals surface area contributed by atoms with Gasteiger partial charge in [0.2, 0.25) is 0 Å². The largest absolute Gasteiger partial charge is 0.103 e. The highest BCUT2D eigenvalue weighted by atomic mass is 14.2. The molecule has 1 rings (SSSR count). The molecular weight excluding hydrogens is 168 g/mol. The van der Waals surface area contributed by atoms with Crippen LogP contribution in [0.5, 0.6) is 0 Å². The maximum Gasteiger partial charge on any atom is 0.00927 e. The van der Waals surface area contributed by atoms with Crippen molar-refractivity contribution >= 4 is 0 Å². The smallest absolute Gasteiger partial charge is 0.00927 e. The summed E-state index contributed by atoms with van der Waals surface area (Å²) in [6, 6.07) is 0. The van der Waals surface area contributed by atoms with Crippen LogP contribution in [-0.4, -0.2) is 0 Å². The third kappa shape index (κ3) is 2.35. The minimum absolute atomic E-state index is 0.944. The monoisotopic (exact) mass is 185 g/mol. The number of hydrogen-bond acceptors (Lipinski definition) is 0. The second-order valence-electron chi connectivity index (χ2n) is 3.34. The van der Waals surface area contributed by atoms with Gasteiger partial charge >= 0.3 is 0 Å². The maximum atomic E-state index is 3.79. The summed E-state index contributed by atoms with van der Waals surface area (Å²) >= 11 is 0. The highest BCUT2D eigenvalue weighted by Gasteiger charge is 2.14. The second kappa shape index (κ2) is 5.43. The molecule has 0 saturated carbocycles. The van der Waals surface area contributed by atoms with Crippen molar-refractivity contribution in [3.63, 3.8) is 0 Å². The molecule has 0 heteroatoms. The molecule has 0 saturated heterocycles. The molecule has 0 bridgehead atoms. The Labute approximate surface area is 87.0 Å². The minimum Gasteiger partial charge on any atom is -0.103 e. The molecule has 0 nitrogen and oxygen atoms in total. The van der Waals surface area contributed by atoms with Crippen LogP contribution in [0.15, 0.2) is 60.8 Å². The van der Waals surface area contributed by atoms with E-state index in [1.54, 1.807) is 0 Å². The van der Waals surface area contributed by atoms with E-state index in [1.807, 2.05) is 18.2 Å². The van der Waals surface area contributed by atoms with Crippen molar-refractivity contribution in [2.45, 2.75) is 19.3 Å². The lowest BCUT2D eigenvalue weighted by atomic mass is 9.98. The summed E-state index contributed by atoms with van der Waals surface area (Å²) in [4.78, 5) is 0. The van der Waals surface area contributed by atoms with Crippen LogP contribution in [0, 0.1) is 6.42 Å². The molecule has 0 heterocycles. The highest BCUT2D eigenvalue weighted by molar-refractivity contribution is 5.51. The average Bonchev–Trinajstić information content (AvgIpc) is 2.52. The molecule has 0 aromatic heterocycles. The number of allylic oxidation sites excluding steroid dienone is 7. The molecule has 0 atom stereocenters. The lowest BCUT2D eigenvalue weighted by Crippen LogP contribution is -1.88. The number of rotatable bonds is 6. The average molecular weight is 185 g/mol. The van der Waals surface area contributed by atoms with Gasteiger partial charge in [-0.1, -0.05) is 29.9 Å². The van der Waals surface area contributed by atoms with E-state index in [9.17, 15) is 0 Å². The van der Waals surface area contributed by atoms with Crippen LogP contribution in [0.3, 0.4) is 0 Å². The molecule has 73 valence electrons. The Hall–Kier alpha value is -1.30. The summed E-state index contributed by atoms with van der Waals surface area (Å²) < 4.78 is 0. The van der Waals surface area contributed by atoms with Gasteiger partial charge in [0.1, 0.15) is 0 Å². The van der Waals surface area contributed by atoms with Crippen LogP contribution in [0.25, 0.3) is 0 Å².